The lowest BCUT2D eigenvalue weighted by molar-refractivity contribution is 0.102. The molecule has 0 bridgehead atoms. The van der Waals surface area contributed by atoms with Gasteiger partial charge in [0, 0.05) is 28.4 Å². The van der Waals surface area contributed by atoms with E-state index in [1.54, 1.807) is 7.11 Å². The van der Waals surface area contributed by atoms with Gasteiger partial charge < -0.3 is 9.30 Å². The Balaban J connectivity index is 2.12. The standard InChI is InChI=1S/C17H21NO2S/c1-5-18-12(2)10-14(13(18)3)15(19)11-21-17-9-7-6-8-16(17)20-4/h6-10H,5,11H2,1-4H3. The van der Waals surface area contributed by atoms with Crippen LogP contribution >= 0.6 is 11.8 Å². The van der Waals surface area contributed by atoms with Gasteiger partial charge in [0.25, 0.3) is 0 Å². The highest BCUT2D eigenvalue weighted by molar-refractivity contribution is 8.00. The van der Waals surface area contributed by atoms with Crippen molar-refractivity contribution in [1.29, 1.82) is 0 Å². The Hall–Kier alpha value is -1.68. The number of nitrogens with zero attached hydrogens (tertiary/aromatic N) is 1. The maximum atomic E-state index is 12.4. The number of carbonyl (C=O) groups excluding carboxylic acids is 1. The average Bonchev–Trinajstić information content (AvgIpc) is 2.79. The fourth-order valence-electron chi connectivity index (χ4n) is 2.53. The lowest BCUT2D eigenvalue weighted by Crippen LogP contribution is -2.06. The molecule has 112 valence electrons. The van der Waals surface area contributed by atoms with Gasteiger partial charge in [0.1, 0.15) is 5.75 Å². The molecule has 0 aliphatic heterocycles. The third-order valence-electron chi connectivity index (χ3n) is 3.62. The van der Waals surface area contributed by atoms with E-state index in [0.717, 1.165) is 34.1 Å². The first-order valence-electron chi connectivity index (χ1n) is 7.04. The second kappa shape index (κ2) is 6.85. The first-order valence-corrected chi connectivity index (χ1v) is 8.02. The molecule has 0 radical (unpaired) electrons. The van der Waals surface area contributed by atoms with Gasteiger partial charge in [-0.2, -0.15) is 0 Å². The van der Waals surface area contributed by atoms with E-state index < -0.39 is 0 Å². The van der Waals surface area contributed by atoms with E-state index in [9.17, 15) is 4.79 Å². The van der Waals surface area contributed by atoms with E-state index in [2.05, 4.69) is 11.5 Å². The van der Waals surface area contributed by atoms with Gasteiger partial charge >= 0.3 is 0 Å². The number of ketones is 1. The molecule has 1 aromatic carbocycles. The minimum atomic E-state index is 0.165. The number of thioether (sulfide) groups is 1. The molecule has 4 heteroatoms. The number of para-hydroxylation sites is 1. The quantitative estimate of drug-likeness (QED) is 0.594. The molecule has 3 nitrogen and oxygen atoms in total. The Morgan fingerprint density at radius 1 is 1.29 bits per heavy atom. The number of Topliss-reactive ketones (excluding diaryl/α,β-unsaturated/α-hetero) is 1. The molecule has 0 aliphatic carbocycles. The Morgan fingerprint density at radius 3 is 2.62 bits per heavy atom. The van der Waals surface area contributed by atoms with Crippen LogP contribution in [0.25, 0.3) is 0 Å². The molecular weight excluding hydrogens is 282 g/mol. The number of hydrogen-bond donors (Lipinski definition) is 0. The van der Waals surface area contributed by atoms with E-state index in [-0.39, 0.29) is 5.78 Å². The number of hydrogen-bond acceptors (Lipinski definition) is 3. The Bertz CT molecular complexity index is 646. The van der Waals surface area contributed by atoms with Gasteiger partial charge in [-0.15, -0.1) is 11.8 Å². The van der Waals surface area contributed by atoms with Crippen LogP contribution in [0.1, 0.15) is 28.7 Å². The summed E-state index contributed by atoms with van der Waals surface area (Å²) in [6.45, 7) is 7.04. The summed E-state index contributed by atoms with van der Waals surface area (Å²) in [4.78, 5) is 13.4. The van der Waals surface area contributed by atoms with Gasteiger partial charge in [0.15, 0.2) is 5.78 Å². The zero-order valence-electron chi connectivity index (χ0n) is 13.0. The summed E-state index contributed by atoms with van der Waals surface area (Å²) in [7, 11) is 1.65. The minimum Gasteiger partial charge on any atom is -0.496 e. The monoisotopic (exact) mass is 303 g/mol. The summed E-state index contributed by atoms with van der Waals surface area (Å²) in [5.41, 5.74) is 3.03. The van der Waals surface area contributed by atoms with Crippen LogP contribution in [-0.4, -0.2) is 23.2 Å². The fourth-order valence-corrected chi connectivity index (χ4v) is 3.44. The SMILES string of the molecule is CCn1c(C)cc(C(=O)CSc2ccccc2OC)c1C. The number of methoxy groups -OCH3 is 1. The van der Waals surface area contributed by atoms with Gasteiger partial charge in [-0.3, -0.25) is 4.79 Å². The van der Waals surface area contributed by atoms with Crippen LogP contribution in [0.5, 0.6) is 5.75 Å². The molecule has 2 aromatic rings. The molecule has 1 aromatic heterocycles. The highest BCUT2D eigenvalue weighted by atomic mass is 32.2. The number of rotatable bonds is 6. The first-order chi connectivity index (χ1) is 10.1. The molecule has 0 saturated carbocycles. The predicted molar refractivity (Wildman–Crippen MR) is 87.6 cm³/mol. The van der Waals surface area contributed by atoms with Crippen LogP contribution in [0.4, 0.5) is 0 Å². The summed E-state index contributed by atoms with van der Waals surface area (Å²) >= 11 is 1.52. The lowest BCUT2D eigenvalue weighted by Gasteiger charge is -2.08. The molecule has 0 unspecified atom stereocenters. The van der Waals surface area contributed by atoms with E-state index >= 15 is 0 Å². The number of carbonyl (C=O) groups is 1. The van der Waals surface area contributed by atoms with Crippen molar-refractivity contribution in [3.63, 3.8) is 0 Å². The molecule has 21 heavy (non-hydrogen) atoms. The molecule has 1 heterocycles. The van der Waals surface area contributed by atoms with Crippen LogP contribution in [0, 0.1) is 13.8 Å². The number of benzene rings is 1. The average molecular weight is 303 g/mol. The van der Waals surface area contributed by atoms with Crippen LogP contribution in [0.3, 0.4) is 0 Å². The predicted octanol–water partition coefficient (Wildman–Crippen LogP) is 4.11. The molecule has 0 amide bonds. The molecule has 0 fully saturated rings. The summed E-state index contributed by atoms with van der Waals surface area (Å²) in [6.07, 6.45) is 0. The van der Waals surface area contributed by atoms with Crippen LogP contribution in [0.15, 0.2) is 35.2 Å². The summed E-state index contributed by atoms with van der Waals surface area (Å²) in [5, 5.41) is 0. The van der Waals surface area contributed by atoms with Crippen LogP contribution in [-0.2, 0) is 6.54 Å². The zero-order valence-corrected chi connectivity index (χ0v) is 13.8. The highest BCUT2D eigenvalue weighted by Gasteiger charge is 2.15. The zero-order chi connectivity index (χ0) is 15.4. The molecule has 0 atom stereocenters. The van der Waals surface area contributed by atoms with Crippen molar-refractivity contribution in [3.05, 3.63) is 47.3 Å². The summed E-state index contributed by atoms with van der Waals surface area (Å²) in [5.74, 6) is 1.40. The molecule has 0 saturated heterocycles. The minimum absolute atomic E-state index is 0.165. The Labute approximate surface area is 130 Å². The van der Waals surface area contributed by atoms with Gasteiger partial charge in [0.05, 0.1) is 12.9 Å². The third kappa shape index (κ3) is 3.32. The molecule has 2 rings (SSSR count). The van der Waals surface area contributed by atoms with Crippen LogP contribution < -0.4 is 4.74 Å². The van der Waals surface area contributed by atoms with E-state index in [0.29, 0.717) is 5.75 Å². The Kier molecular flexibility index (Phi) is 5.12. The van der Waals surface area contributed by atoms with Crippen molar-refractivity contribution in [2.24, 2.45) is 0 Å². The molecule has 0 spiro atoms. The fraction of sp³-hybridized carbons (Fsp3) is 0.353. The van der Waals surface area contributed by atoms with Crippen molar-refractivity contribution in [1.82, 2.24) is 4.57 Å². The van der Waals surface area contributed by atoms with Gasteiger partial charge in [0.2, 0.25) is 0 Å². The number of ether oxygens (including phenoxy) is 1. The van der Waals surface area contributed by atoms with Crippen molar-refractivity contribution in [2.75, 3.05) is 12.9 Å². The summed E-state index contributed by atoms with van der Waals surface area (Å²) in [6, 6.07) is 9.77. The van der Waals surface area contributed by atoms with Crippen molar-refractivity contribution in [3.8, 4) is 5.75 Å². The van der Waals surface area contributed by atoms with Crippen molar-refractivity contribution < 1.29 is 9.53 Å². The van der Waals surface area contributed by atoms with Gasteiger partial charge in [-0.25, -0.2) is 0 Å². The van der Waals surface area contributed by atoms with E-state index in [1.165, 1.54) is 11.8 Å². The maximum Gasteiger partial charge on any atom is 0.174 e. The maximum absolute atomic E-state index is 12.4. The molecular formula is C17H21NO2S. The first kappa shape index (κ1) is 15.7. The van der Waals surface area contributed by atoms with Crippen molar-refractivity contribution in [2.45, 2.75) is 32.2 Å². The normalized spacial score (nSPS) is 10.7. The second-order valence-electron chi connectivity index (χ2n) is 4.89. The second-order valence-corrected chi connectivity index (χ2v) is 5.91. The van der Waals surface area contributed by atoms with Crippen LogP contribution in [0.2, 0.25) is 0 Å². The molecule has 0 N–H and O–H groups in total. The molecule has 0 aliphatic rings. The Morgan fingerprint density at radius 2 is 2.00 bits per heavy atom. The van der Waals surface area contributed by atoms with Crippen molar-refractivity contribution >= 4 is 17.5 Å². The summed E-state index contributed by atoms with van der Waals surface area (Å²) < 4.78 is 7.48. The van der Waals surface area contributed by atoms with Gasteiger partial charge in [-0.1, -0.05) is 12.1 Å². The van der Waals surface area contributed by atoms with E-state index in [4.69, 9.17) is 4.74 Å². The van der Waals surface area contributed by atoms with E-state index in [1.807, 2.05) is 44.2 Å². The third-order valence-corrected chi connectivity index (χ3v) is 4.67. The number of aryl methyl sites for hydroxylation is 1. The smallest absolute Gasteiger partial charge is 0.174 e. The highest BCUT2D eigenvalue weighted by Crippen LogP contribution is 2.29. The largest absolute Gasteiger partial charge is 0.496 e. The number of aromatic nitrogens is 1. The lowest BCUT2D eigenvalue weighted by atomic mass is 10.2. The van der Waals surface area contributed by atoms with Gasteiger partial charge in [-0.05, 0) is 39.0 Å². The topological polar surface area (TPSA) is 31.2 Å².